The van der Waals surface area contributed by atoms with Gasteiger partial charge in [-0.25, -0.2) is 0 Å². The van der Waals surface area contributed by atoms with Crippen LogP contribution in [0.1, 0.15) is 5.56 Å². The number of aryl methyl sites for hydroxylation is 1. The van der Waals surface area contributed by atoms with Gasteiger partial charge in [-0.3, -0.25) is 0 Å². The fraction of sp³-hybridized carbons (Fsp3) is 0.455. The van der Waals surface area contributed by atoms with Gasteiger partial charge in [-0.05, 0) is 30.2 Å². The van der Waals surface area contributed by atoms with Gasteiger partial charge < -0.3 is 4.74 Å². The number of fused-ring (bicyclic) bond motifs is 1. The molecule has 0 saturated heterocycles. The van der Waals surface area contributed by atoms with Crippen LogP contribution in [0.2, 0.25) is 19.1 Å². The molecule has 0 atom stereocenters. The first kappa shape index (κ1) is 8.82. The summed E-state index contributed by atoms with van der Waals surface area (Å²) in [6, 6.07) is 7.97. The Morgan fingerprint density at radius 2 is 2.08 bits per heavy atom. The molecule has 13 heavy (non-hydrogen) atoms. The summed E-state index contributed by atoms with van der Waals surface area (Å²) in [4.78, 5) is 0. The van der Waals surface area contributed by atoms with Crippen LogP contribution in [0.3, 0.4) is 0 Å². The van der Waals surface area contributed by atoms with Crippen molar-refractivity contribution in [2.75, 3.05) is 7.11 Å². The van der Waals surface area contributed by atoms with Crippen molar-refractivity contribution in [3.8, 4) is 5.75 Å². The highest BCUT2D eigenvalue weighted by Crippen LogP contribution is 2.25. The van der Waals surface area contributed by atoms with E-state index in [9.17, 15) is 0 Å². The predicted octanol–water partition coefficient (Wildman–Crippen LogP) is 2.17. The molecule has 1 aromatic rings. The Kier molecular flexibility index (Phi) is 1.95. The van der Waals surface area contributed by atoms with E-state index in [1.54, 1.807) is 12.3 Å². The van der Waals surface area contributed by atoms with E-state index < -0.39 is 8.07 Å². The first-order valence-corrected chi connectivity index (χ1v) is 8.01. The molecule has 0 N–H and O–H groups in total. The quantitative estimate of drug-likeness (QED) is 0.620. The summed E-state index contributed by atoms with van der Waals surface area (Å²) in [5, 5.41) is 1.63. The molecule has 70 valence electrons. The molecule has 1 aliphatic heterocycles. The summed E-state index contributed by atoms with van der Waals surface area (Å²) in [6.07, 6.45) is 1.26. The van der Waals surface area contributed by atoms with Gasteiger partial charge in [0, 0.05) is 0 Å². The zero-order valence-electron chi connectivity index (χ0n) is 8.55. The molecule has 0 radical (unpaired) electrons. The van der Waals surface area contributed by atoms with Gasteiger partial charge in [0.1, 0.15) is 5.75 Å². The number of rotatable bonds is 1. The van der Waals surface area contributed by atoms with Crippen LogP contribution in [0.5, 0.6) is 5.75 Å². The number of methoxy groups -OCH3 is 1. The van der Waals surface area contributed by atoms with E-state index >= 15 is 0 Å². The van der Waals surface area contributed by atoms with E-state index in [2.05, 4.69) is 31.3 Å². The molecule has 0 saturated carbocycles. The van der Waals surface area contributed by atoms with E-state index in [1.807, 2.05) is 0 Å². The molecular formula is C11H16OSi. The van der Waals surface area contributed by atoms with Gasteiger partial charge >= 0.3 is 0 Å². The Morgan fingerprint density at radius 1 is 1.31 bits per heavy atom. The van der Waals surface area contributed by atoms with Crippen molar-refractivity contribution in [1.82, 2.24) is 0 Å². The van der Waals surface area contributed by atoms with Crippen LogP contribution in [-0.2, 0) is 6.42 Å². The topological polar surface area (TPSA) is 9.23 Å². The summed E-state index contributed by atoms with van der Waals surface area (Å²) in [5.74, 6) is 1.01. The van der Waals surface area contributed by atoms with Crippen LogP contribution in [0.25, 0.3) is 0 Å². The lowest BCUT2D eigenvalue weighted by Gasteiger charge is -2.16. The SMILES string of the molecule is COc1ccc2c(c1)CC[Si]2(C)C. The zero-order valence-corrected chi connectivity index (χ0v) is 9.55. The molecule has 1 nitrogen and oxygen atoms in total. The molecule has 0 bridgehead atoms. The second-order valence-electron chi connectivity index (χ2n) is 4.41. The lowest BCUT2D eigenvalue weighted by Crippen LogP contribution is -2.37. The standard InChI is InChI=1S/C11H16OSi/c1-12-10-4-5-11-9(8-10)6-7-13(11,2)3/h4-5,8H,6-7H2,1-3H3. The zero-order chi connectivity index (χ0) is 9.47. The highest BCUT2D eigenvalue weighted by molar-refractivity contribution is 6.91. The normalized spacial score (nSPS) is 18.4. The minimum Gasteiger partial charge on any atom is -0.497 e. The molecule has 0 amide bonds. The maximum atomic E-state index is 5.22. The third kappa shape index (κ3) is 1.39. The predicted molar refractivity (Wildman–Crippen MR) is 58.6 cm³/mol. The van der Waals surface area contributed by atoms with Crippen LogP contribution in [0.15, 0.2) is 18.2 Å². The maximum Gasteiger partial charge on any atom is 0.119 e. The summed E-state index contributed by atoms with van der Waals surface area (Å²) in [7, 11) is 0.683. The van der Waals surface area contributed by atoms with E-state index in [4.69, 9.17) is 4.74 Å². The minimum atomic E-state index is -1.05. The molecular weight excluding hydrogens is 176 g/mol. The van der Waals surface area contributed by atoms with Crippen molar-refractivity contribution >= 4 is 13.3 Å². The second kappa shape index (κ2) is 2.88. The average molecular weight is 192 g/mol. The lowest BCUT2D eigenvalue weighted by atomic mass is 10.2. The Labute approximate surface area is 80.7 Å². The Morgan fingerprint density at radius 3 is 2.77 bits per heavy atom. The maximum absolute atomic E-state index is 5.22. The molecule has 0 spiro atoms. The van der Waals surface area contributed by atoms with Gasteiger partial charge in [0.15, 0.2) is 0 Å². The number of hydrogen-bond donors (Lipinski definition) is 0. The Bertz CT molecular complexity index is 331. The smallest absolute Gasteiger partial charge is 0.119 e. The molecule has 0 aromatic heterocycles. The fourth-order valence-corrected chi connectivity index (χ4v) is 4.91. The van der Waals surface area contributed by atoms with Crippen molar-refractivity contribution in [1.29, 1.82) is 0 Å². The molecule has 1 aliphatic rings. The Hall–Kier alpha value is -0.763. The largest absolute Gasteiger partial charge is 0.497 e. The van der Waals surface area contributed by atoms with Crippen molar-refractivity contribution < 1.29 is 4.74 Å². The van der Waals surface area contributed by atoms with E-state index in [-0.39, 0.29) is 0 Å². The third-order valence-electron chi connectivity index (χ3n) is 3.06. The van der Waals surface area contributed by atoms with Crippen LogP contribution in [0, 0.1) is 0 Å². The Balaban J connectivity index is 2.46. The van der Waals surface area contributed by atoms with Gasteiger partial charge in [-0.15, -0.1) is 0 Å². The first-order chi connectivity index (χ1) is 6.13. The van der Waals surface area contributed by atoms with Gasteiger partial charge in [0.05, 0.1) is 15.2 Å². The van der Waals surface area contributed by atoms with Crippen LogP contribution in [-0.4, -0.2) is 15.2 Å². The number of ether oxygens (including phenoxy) is 1. The minimum absolute atomic E-state index is 1.01. The number of hydrogen-bond acceptors (Lipinski definition) is 1. The molecule has 2 heteroatoms. The molecule has 1 heterocycles. The van der Waals surface area contributed by atoms with Crippen LogP contribution >= 0.6 is 0 Å². The van der Waals surface area contributed by atoms with Crippen LogP contribution < -0.4 is 9.92 Å². The van der Waals surface area contributed by atoms with Crippen molar-refractivity contribution in [2.24, 2.45) is 0 Å². The first-order valence-electron chi connectivity index (χ1n) is 4.81. The average Bonchev–Trinajstić information content (AvgIpc) is 2.42. The highest BCUT2D eigenvalue weighted by Gasteiger charge is 2.31. The fourth-order valence-electron chi connectivity index (χ4n) is 2.15. The van der Waals surface area contributed by atoms with Gasteiger partial charge in [-0.1, -0.05) is 24.3 Å². The summed E-state index contributed by atoms with van der Waals surface area (Å²) < 4.78 is 5.22. The lowest BCUT2D eigenvalue weighted by molar-refractivity contribution is 0.414. The van der Waals surface area contributed by atoms with Crippen molar-refractivity contribution in [2.45, 2.75) is 25.6 Å². The van der Waals surface area contributed by atoms with E-state index in [1.165, 1.54) is 18.0 Å². The molecule has 0 fully saturated rings. The van der Waals surface area contributed by atoms with E-state index in [0.717, 1.165) is 5.75 Å². The molecule has 1 aromatic carbocycles. The molecule has 0 aliphatic carbocycles. The molecule has 0 unspecified atom stereocenters. The summed E-state index contributed by atoms with van der Waals surface area (Å²) in [5.41, 5.74) is 1.52. The van der Waals surface area contributed by atoms with Gasteiger partial charge in [0.2, 0.25) is 0 Å². The molecule has 2 rings (SSSR count). The summed E-state index contributed by atoms with van der Waals surface area (Å²) >= 11 is 0. The second-order valence-corrected chi connectivity index (χ2v) is 9.21. The monoisotopic (exact) mass is 192 g/mol. The highest BCUT2D eigenvalue weighted by atomic mass is 28.3. The van der Waals surface area contributed by atoms with Crippen molar-refractivity contribution in [3.63, 3.8) is 0 Å². The van der Waals surface area contributed by atoms with Gasteiger partial charge in [-0.2, -0.15) is 0 Å². The van der Waals surface area contributed by atoms with Gasteiger partial charge in [0.25, 0.3) is 0 Å². The van der Waals surface area contributed by atoms with E-state index in [0.29, 0.717) is 0 Å². The van der Waals surface area contributed by atoms with Crippen molar-refractivity contribution in [3.05, 3.63) is 23.8 Å². The summed E-state index contributed by atoms with van der Waals surface area (Å²) in [6.45, 7) is 4.90. The van der Waals surface area contributed by atoms with Crippen LogP contribution in [0.4, 0.5) is 0 Å². The number of benzene rings is 1. The third-order valence-corrected chi connectivity index (χ3v) is 6.51.